The molecular formula is C22H28N4O6. The summed E-state index contributed by atoms with van der Waals surface area (Å²) >= 11 is 0. The van der Waals surface area contributed by atoms with Crippen LogP contribution >= 0.6 is 0 Å². The molecule has 10 heteroatoms. The predicted molar refractivity (Wildman–Crippen MR) is 120 cm³/mol. The molecule has 0 aliphatic carbocycles. The molecule has 0 aromatic heterocycles. The van der Waals surface area contributed by atoms with Crippen molar-refractivity contribution in [1.82, 2.24) is 0 Å². The molecule has 0 saturated carbocycles. The van der Waals surface area contributed by atoms with Gasteiger partial charge in [0.25, 0.3) is 5.69 Å². The number of hydrogen-bond donors (Lipinski definition) is 3. The largest absolute Gasteiger partial charge is 0.399 e. The van der Waals surface area contributed by atoms with Crippen LogP contribution in [0.2, 0.25) is 0 Å². The van der Waals surface area contributed by atoms with Gasteiger partial charge < -0.3 is 35.2 Å². The van der Waals surface area contributed by atoms with Gasteiger partial charge in [0.05, 0.1) is 31.4 Å². The average Bonchev–Trinajstić information content (AvgIpc) is 2.83. The Balaban J connectivity index is 1.72. The van der Waals surface area contributed by atoms with Crippen molar-refractivity contribution in [2.24, 2.45) is 0 Å². The summed E-state index contributed by atoms with van der Waals surface area (Å²) < 4.78 is 10.8. The maximum Gasteiger partial charge on any atom is 0.269 e. The molecule has 0 radical (unpaired) electrons. The zero-order chi connectivity index (χ0) is 22.7. The Bertz CT molecular complexity index is 959. The molecule has 2 heterocycles. The molecular weight excluding hydrogens is 416 g/mol. The Morgan fingerprint density at radius 3 is 1.81 bits per heavy atom. The SMILES string of the molecule is Nc1ccc(N2CCOCC2)c(C(O)C(O)c2cc([N+](=O)[O-])ccc2N2CCOCC2)c1. The summed E-state index contributed by atoms with van der Waals surface area (Å²) in [5.41, 5.74) is 8.47. The zero-order valence-corrected chi connectivity index (χ0v) is 17.7. The summed E-state index contributed by atoms with van der Waals surface area (Å²) in [4.78, 5) is 15.0. The van der Waals surface area contributed by atoms with Crippen LogP contribution in [-0.2, 0) is 9.47 Å². The van der Waals surface area contributed by atoms with Gasteiger partial charge in [-0.3, -0.25) is 10.1 Å². The number of aliphatic hydroxyl groups excluding tert-OH is 2. The maximum atomic E-state index is 11.4. The third-order valence-electron chi connectivity index (χ3n) is 5.91. The van der Waals surface area contributed by atoms with Gasteiger partial charge in [-0.1, -0.05) is 0 Å². The number of nitro groups is 1. The molecule has 2 aliphatic heterocycles. The van der Waals surface area contributed by atoms with Gasteiger partial charge in [0, 0.05) is 66.5 Å². The molecule has 0 spiro atoms. The van der Waals surface area contributed by atoms with Gasteiger partial charge in [-0.05, 0) is 24.3 Å². The summed E-state index contributed by atoms with van der Waals surface area (Å²) in [6.45, 7) is 4.64. The molecule has 172 valence electrons. The predicted octanol–water partition coefficient (Wildman–Crippen LogP) is 1.62. The molecule has 0 amide bonds. The summed E-state index contributed by atoms with van der Waals surface area (Å²) in [5, 5.41) is 33.9. The van der Waals surface area contributed by atoms with Gasteiger partial charge in [-0.15, -0.1) is 0 Å². The van der Waals surface area contributed by atoms with E-state index in [4.69, 9.17) is 15.2 Å². The molecule has 0 bridgehead atoms. The minimum Gasteiger partial charge on any atom is -0.399 e. The molecule has 2 aromatic rings. The fourth-order valence-electron chi connectivity index (χ4n) is 4.23. The quantitative estimate of drug-likeness (QED) is 0.345. The number of nitrogens with zero attached hydrogens (tertiary/aromatic N) is 3. The second-order valence-corrected chi connectivity index (χ2v) is 7.91. The number of nitrogens with two attached hydrogens (primary N) is 1. The standard InChI is InChI=1S/C22H28N4O6/c23-15-1-3-19(24-5-9-31-10-6-24)17(13-15)21(27)22(28)18-14-16(26(29)30)2-4-20(18)25-7-11-32-12-8-25/h1-4,13-14,21-22,27-28H,5-12,23H2. The number of hydrogen-bond acceptors (Lipinski definition) is 9. The van der Waals surface area contributed by atoms with E-state index < -0.39 is 17.1 Å². The summed E-state index contributed by atoms with van der Waals surface area (Å²) in [6.07, 6.45) is -2.73. The minimum absolute atomic E-state index is 0.149. The Kier molecular flexibility index (Phi) is 6.75. The normalized spacial score (nSPS) is 18.9. The molecule has 2 aliphatic rings. The maximum absolute atomic E-state index is 11.4. The molecule has 32 heavy (non-hydrogen) atoms. The van der Waals surface area contributed by atoms with E-state index in [2.05, 4.69) is 4.90 Å². The smallest absolute Gasteiger partial charge is 0.269 e. The van der Waals surface area contributed by atoms with Gasteiger partial charge in [-0.25, -0.2) is 0 Å². The van der Waals surface area contributed by atoms with Crippen LogP contribution in [0.5, 0.6) is 0 Å². The van der Waals surface area contributed by atoms with E-state index in [9.17, 15) is 20.3 Å². The molecule has 2 saturated heterocycles. The van der Waals surface area contributed by atoms with Crippen LogP contribution in [0.1, 0.15) is 23.3 Å². The number of ether oxygens (including phenoxy) is 2. The lowest BCUT2D eigenvalue weighted by Crippen LogP contribution is -2.37. The Labute approximate surface area is 185 Å². The first-order valence-electron chi connectivity index (χ1n) is 10.6. The van der Waals surface area contributed by atoms with Crippen molar-refractivity contribution in [2.75, 3.05) is 68.1 Å². The molecule has 10 nitrogen and oxygen atoms in total. The Morgan fingerprint density at radius 1 is 0.844 bits per heavy atom. The lowest BCUT2D eigenvalue weighted by atomic mass is 9.94. The van der Waals surface area contributed by atoms with Crippen molar-refractivity contribution in [3.8, 4) is 0 Å². The number of anilines is 3. The van der Waals surface area contributed by atoms with Crippen LogP contribution < -0.4 is 15.5 Å². The number of aliphatic hydroxyl groups is 2. The lowest BCUT2D eigenvalue weighted by Gasteiger charge is -2.34. The van der Waals surface area contributed by atoms with Crippen molar-refractivity contribution < 1.29 is 24.6 Å². The van der Waals surface area contributed by atoms with Crippen molar-refractivity contribution in [3.05, 3.63) is 57.6 Å². The van der Waals surface area contributed by atoms with Crippen molar-refractivity contribution >= 4 is 22.7 Å². The molecule has 2 unspecified atom stereocenters. The second-order valence-electron chi connectivity index (χ2n) is 7.91. The van der Waals surface area contributed by atoms with Crippen LogP contribution in [0.4, 0.5) is 22.7 Å². The highest BCUT2D eigenvalue weighted by atomic mass is 16.6. The van der Waals surface area contributed by atoms with E-state index in [0.29, 0.717) is 75.1 Å². The molecule has 2 aromatic carbocycles. The van der Waals surface area contributed by atoms with Gasteiger partial charge in [0.15, 0.2) is 0 Å². The second kappa shape index (κ2) is 9.70. The average molecular weight is 444 g/mol. The van der Waals surface area contributed by atoms with Crippen LogP contribution in [0.25, 0.3) is 0 Å². The number of morpholine rings is 2. The van der Waals surface area contributed by atoms with Gasteiger partial charge in [-0.2, -0.15) is 0 Å². The minimum atomic E-state index is -1.39. The van der Waals surface area contributed by atoms with Crippen LogP contribution in [0.3, 0.4) is 0 Å². The third-order valence-corrected chi connectivity index (χ3v) is 5.91. The highest BCUT2D eigenvalue weighted by Gasteiger charge is 2.30. The van der Waals surface area contributed by atoms with Gasteiger partial charge >= 0.3 is 0 Å². The first kappa shape index (κ1) is 22.3. The summed E-state index contributed by atoms with van der Waals surface area (Å²) in [5.74, 6) is 0. The lowest BCUT2D eigenvalue weighted by molar-refractivity contribution is -0.385. The first-order chi connectivity index (χ1) is 15.5. The Hall–Kier alpha value is -2.92. The van der Waals surface area contributed by atoms with Crippen LogP contribution in [0, 0.1) is 10.1 Å². The van der Waals surface area contributed by atoms with E-state index >= 15 is 0 Å². The van der Waals surface area contributed by atoms with Gasteiger partial charge in [0.1, 0.15) is 12.2 Å². The zero-order valence-electron chi connectivity index (χ0n) is 17.7. The number of non-ortho nitro benzene ring substituents is 1. The molecule has 4 rings (SSSR count). The molecule has 2 atom stereocenters. The van der Waals surface area contributed by atoms with E-state index in [-0.39, 0.29) is 5.69 Å². The number of nitro benzene ring substituents is 1. The topological polar surface area (TPSA) is 135 Å². The number of nitrogen functional groups attached to an aromatic ring is 1. The van der Waals surface area contributed by atoms with Gasteiger partial charge in [0.2, 0.25) is 0 Å². The fraction of sp³-hybridized carbons (Fsp3) is 0.455. The van der Waals surface area contributed by atoms with Crippen molar-refractivity contribution in [1.29, 1.82) is 0 Å². The van der Waals surface area contributed by atoms with E-state index in [1.165, 1.54) is 12.1 Å². The van der Waals surface area contributed by atoms with E-state index in [1.807, 2.05) is 11.0 Å². The monoisotopic (exact) mass is 444 g/mol. The third kappa shape index (κ3) is 4.63. The van der Waals surface area contributed by atoms with Crippen molar-refractivity contribution in [2.45, 2.75) is 12.2 Å². The van der Waals surface area contributed by atoms with E-state index in [1.54, 1.807) is 18.2 Å². The summed E-state index contributed by atoms with van der Waals surface area (Å²) in [6, 6.07) is 9.58. The highest BCUT2D eigenvalue weighted by molar-refractivity contribution is 5.63. The number of benzene rings is 2. The Morgan fingerprint density at radius 2 is 1.31 bits per heavy atom. The van der Waals surface area contributed by atoms with Crippen molar-refractivity contribution in [3.63, 3.8) is 0 Å². The summed E-state index contributed by atoms with van der Waals surface area (Å²) in [7, 11) is 0. The van der Waals surface area contributed by atoms with Crippen LogP contribution in [0.15, 0.2) is 36.4 Å². The number of rotatable bonds is 6. The first-order valence-corrected chi connectivity index (χ1v) is 10.6. The highest BCUT2D eigenvalue weighted by Crippen LogP contribution is 2.40. The van der Waals surface area contributed by atoms with Crippen LogP contribution in [-0.4, -0.2) is 67.7 Å². The van der Waals surface area contributed by atoms with E-state index in [0.717, 1.165) is 5.69 Å². The molecule has 4 N–H and O–H groups in total. The fourth-order valence-corrected chi connectivity index (χ4v) is 4.23. The molecule has 2 fully saturated rings.